The number of thioether (sulfide) groups is 1. The Morgan fingerprint density at radius 2 is 2.16 bits per heavy atom. The first kappa shape index (κ1) is 13.9. The average Bonchev–Trinajstić information content (AvgIpc) is 2.37. The lowest BCUT2D eigenvalue weighted by Crippen LogP contribution is -1.99. The van der Waals surface area contributed by atoms with Gasteiger partial charge in [0.15, 0.2) is 0 Å². The molecule has 2 rings (SSSR count). The molecule has 0 aliphatic heterocycles. The van der Waals surface area contributed by atoms with Crippen LogP contribution in [0, 0.1) is 6.92 Å². The number of rotatable bonds is 4. The molecule has 19 heavy (non-hydrogen) atoms. The van der Waals surface area contributed by atoms with Crippen LogP contribution in [0.1, 0.15) is 21.5 Å². The fraction of sp³-hybridized carbons (Fsp3) is 0.143. The minimum absolute atomic E-state index is 0.345. The molecule has 0 radical (unpaired) electrons. The standard InChI is InChI=1S/C14H12ClNO2S/c1-9-2-3-11(7-12(9)14(17)18)19-8-10-4-5-16-13(15)6-10/h2-7H,8H2,1H3,(H,17,18). The number of carboxylic acids is 1. The van der Waals surface area contributed by atoms with Crippen molar-refractivity contribution >= 4 is 29.3 Å². The van der Waals surface area contributed by atoms with Gasteiger partial charge in [0.2, 0.25) is 0 Å². The summed E-state index contributed by atoms with van der Waals surface area (Å²) in [5.74, 6) is -0.170. The Balaban J connectivity index is 2.12. The van der Waals surface area contributed by atoms with Crippen LogP contribution in [0.3, 0.4) is 0 Å². The van der Waals surface area contributed by atoms with Gasteiger partial charge < -0.3 is 5.11 Å². The van der Waals surface area contributed by atoms with E-state index in [1.807, 2.05) is 18.2 Å². The number of carbonyl (C=O) groups is 1. The highest BCUT2D eigenvalue weighted by atomic mass is 35.5. The van der Waals surface area contributed by atoms with Gasteiger partial charge in [-0.3, -0.25) is 0 Å². The van der Waals surface area contributed by atoms with Crippen LogP contribution in [-0.2, 0) is 5.75 Å². The van der Waals surface area contributed by atoms with Gasteiger partial charge in [0.05, 0.1) is 5.56 Å². The molecule has 3 nitrogen and oxygen atoms in total. The maximum absolute atomic E-state index is 11.1. The monoisotopic (exact) mass is 293 g/mol. The highest BCUT2D eigenvalue weighted by molar-refractivity contribution is 7.98. The van der Waals surface area contributed by atoms with Crippen LogP contribution in [0.25, 0.3) is 0 Å². The summed E-state index contributed by atoms with van der Waals surface area (Å²) in [5.41, 5.74) is 2.17. The van der Waals surface area contributed by atoms with E-state index in [9.17, 15) is 4.79 Å². The molecule has 98 valence electrons. The molecular formula is C14H12ClNO2S. The molecule has 5 heteroatoms. The summed E-state index contributed by atoms with van der Waals surface area (Å²) in [4.78, 5) is 15.9. The fourth-order valence-electron chi connectivity index (χ4n) is 1.62. The van der Waals surface area contributed by atoms with Gasteiger partial charge in [-0.2, -0.15) is 0 Å². The number of aromatic nitrogens is 1. The predicted octanol–water partition coefficient (Wildman–Crippen LogP) is 4.03. The zero-order valence-electron chi connectivity index (χ0n) is 10.3. The Kier molecular flexibility index (Phi) is 4.45. The van der Waals surface area contributed by atoms with E-state index in [4.69, 9.17) is 16.7 Å². The second kappa shape index (κ2) is 6.08. The number of halogens is 1. The Morgan fingerprint density at radius 3 is 2.84 bits per heavy atom. The van der Waals surface area contributed by atoms with Gasteiger partial charge in [0.1, 0.15) is 5.15 Å². The molecule has 0 atom stereocenters. The molecule has 0 spiro atoms. The third-order valence-electron chi connectivity index (χ3n) is 2.64. The van der Waals surface area contributed by atoms with Crippen molar-refractivity contribution in [3.8, 4) is 0 Å². The van der Waals surface area contributed by atoms with E-state index in [0.29, 0.717) is 10.7 Å². The number of hydrogen-bond donors (Lipinski definition) is 1. The van der Waals surface area contributed by atoms with Crippen LogP contribution in [0.4, 0.5) is 0 Å². The number of aromatic carboxylic acids is 1. The normalized spacial score (nSPS) is 10.4. The van der Waals surface area contributed by atoms with E-state index in [0.717, 1.165) is 21.8 Å². The van der Waals surface area contributed by atoms with E-state index < -0.39 is 5.97 Å². The van der Waals surface area contributed by atoms with Crippen molar-refractivity contribution < 1.29 is 9.90 Å². The minimum atomic E-state index is -0.896. The number of pyridine rings is 1. The molecule has 1 aromatic heterocycles. The molecular weight excluding hydrogens is 282 g/mol. The Bertz CT molecular complexity index is 616. The van der Waals surface area contributed by atoms with Crippen molar-refractivity contribution in [1.29, 1.82) is 0 Å². The molecule has 0 fully saturated rings. The first-order valence-corrected chi connectivity index (χ1v) is 7.00. The number of carboxylic acid groups (broad SMARTS) is 1. The van der Waals surface area contributed by atoms with Gasteiger partial charge in [-0.25, -0.2) is 9.78 Å². The lowest BCUT2D eigenvalue weighted by atomic mass is 10.1. The smallest absolute Gasteiger partial charge is 0.335 e. The lowest BCUT2D eigenvalue weighted by molar-refractivity contribution is 0.0696. The SMILES string of the molecule is Cc1ccc(SCc2ccnc(Cl)c2)cc1C(=O)O. The van der Waals surface area contributed by atoms with Gasteiger partial charge in [-0.15, -0.1) is 11.8 Å². The van der Waals surface area contributed by atoms with Gasteiger partial charge in [-0.1, -0.05) is 17.7 Å². The summed E-state index contributed by atoms with van der Waals surface area (Å²) in [5, 5.41) is 9.54. The van der Waals surface area contributed by atoms with Crippen molar-refractivity contribution in [2.45, 2.75) is 17.6 Å². The van der Waals surface area contributed by atoms with Crippen LogP contribution >= 0.6 is 23.4 Å². The first-order chi connectivity index (χ1) is 9.06. The summed E-state index contributed by atoms with van der Waals surface area (Å²) in [6.45, 7) is 1.79. The molecule has 0 amide bonds. The van der Waals surface area contributed by atoms with Crippen molar-refractivity contribution in [3.63, 3.8) is 0 Å². The molecule has 0 saturated heterocycles. The van der Waals surface area contributed by atoms with Crippen LogP contribution in [0.2, 0.25) is 5.15 Å². The summed E-state index contributed by atoms with van der Waals surface area (Å²) < 4.78 is 0. The van der Waals surface area contributed by atoms with Gasteiger partial charge in [-0.05, 0) is 42.3 Å². The third kappa shape index (κ3) is 3.72. The van der Waals surface area contributed by atoms with E-state index in [1.165, 1.54) is 0 Å². The fourth-order valence-corrected chi connectivity index (χ4v) is 2.70. The Morgan fingerprint density at radius 1 is 1.37 bits per heavy atom. The van der Waals surface area contributed by atoms with E-state index in [-0.39, 0.29) is 0 Å². The van der Waals surface area contributed by atoms with Crippen LogP contribution < -0.4 is 0 Å². The highest BCUT2D eigenvalue weighted by Crippen LogP contribution is 2.25. The second-order valence-corrected chi connectivity index (χ2v) is 5.49. The highest BCUT2D eigenvalue weighted by Gasteiger charge is 2.08. The van der Waals surface area contributed by atoms with Crippen molar-refractivity contribution in [2.75, 3.05) is 0 Å². The molecule has 0 unspecified atom stereocenters. The third-order valence-corrected chi connectivity index (χ3v) is 3.91. The van der Waals surface area contributed by atoms with Gasteiger partial charge in [0, 0.05) is 16.8 Å². The number of benzene rings is 1. The largest absolute Gasteiger partial charge is 0.478 e. The van der Waals surface area contributed by atoms with Crippen LogP contribution in [0.15, 0.2) is 41.4 Å². The molecule has 1 N–H and O–H groups in total. The Hall–Kier alpha value is -1.52. The average molecular weight is 294 g/mol. The summed E-state index contributed by atoms with van der Waals surface area (Å²) in [6.07, 6.45) is 1.66. The second-order valence-electron chi connectivity index (χ2n) is 4.06. The molecule has 0 bridgehead atoms. The van der Waals surface area contributed by atoms with Crippen molar-refractivity contribution in [3.05, 3.63) is 58.4 Å². The molecule has 0 aliphatic rings. The summed E-state index contributed by atoms with van der Waals surface area (Å²) >= 11 is 7.39. The van der Waals surface area contributed by atoms with E-state index in [1.54, 1.807) is 37.0 Å². The van der Waals surface area contributed by atoms with Crippen LogP contribution in [0.5, 0.6) is 0 Å². The van der Waals surface area contributed by atoms with E-state index >= 15 is 0 Å². The summed E-state index contributed by atoms with van der Waals surface area (Å²) in [7, 11) is 0. The van der Waals surface area contributed by atoms with Gasteiger partial charge >= 0.3 is 5.97 Å². The molecule has 1 heterocycles. The minimum Gasteiger partial charge on any atom is -0.478 e. The summed E-state index contributed by atoms with van der Waals surface area (Å²) in [6, 6.07) is 9.15. The number of hydrogen-bond acceptors (Lipinski definition) is 3. The lowest BCUT2D eigenvalue weighted by Gasteiger charge is -2.05. The zero-order chi connectivity index (χ0) is 13.8. The maximum Gasteiger partial charge on any atom is 0.335 e. The number of aryl methyl sites for hydroxylation is 1. The molecule has 0 aliphatic carbocycles. The van der Waals surface area contributed by atoms with Gasteiger partial charge in [0.25, 0.3) is 0 Å². The number of nitrogens with zero attached hydrogens (tertiary/aromatic N) is 1. The molecule has 2 aromatic rings. The topological polar surface area (TPSA) is 50.2 Å². The van der Waals surface area contributed by atoms with Crippen molar-refractivity contribution in [2.24, 2.45) is 0 Å². The quantitative estimate of drug-likeness (QED) is 0.683. The molecule has 0 saturated carbocycles. The molecule has 1 aromatic carbocycles. The Labute approximate surface area is 120 Å². The zero-order valence-corrected chi connectivity index (χ0v) is 11.8. The first-order valence-electron chi connectivity index (χ1n) is 5.63. The van der Waals surface area contributed by atoms with E-state index in [2.05, 4.69) is 4.98 Å². The predicted molar refractivity (Wildman–Crippen MR) is 76.9 cm³/mol. The van der Waals surface area contributed by atoms with Crippen LogP contribution in [-0.4, -0.2) is 16.1 Å². The van der Waals surface area contributed by atoms with Crippen molar-refractivity contribution in [1.82, 2.24) is 4.98 Å². The maximum atomic E-state index is 11.1.